The lowest BCUT2D eigenvalue weighted by atomic mass is 9.80. The molecule has 0 saturated heterocycles. The summed E-state index contributed by atoms with van der Waals surface area (Å²) in [4.78, 5) is 2.29. The van der Waals surface area contributed by atoms with Crippen molar-refractivity contribution in [1.82, 2.24) is 4.90 Å². The maximum atomic E-state index is 10.1. The predicted octanol–water partition coefficient (Wildman–Crippen LogP) is 3.57. The number of aliphatic hydroxyl groups excluding tert-OH is 1. The number of halogens is 1. The molecule has 0 heterocycles. The fourth-order valence-corrected chi connectivity index (χ4v) is 3.30. The minimum Gasteiger partial charge on any atom is -0.393 e. The van der Waals surface area contributed by atoms with Gasteiger partial charge in [0.15, 0.2) is 0 Å². The van der Waals surface area contributed by atoms with Crippen LogP contribution in [0.1, 0.15) is 31.7 Å². The van der Waals surface area contributed by atoms with E-state index in [1.807, 2.05) is 18.2 Å². The molecule has 106 valence electrons. The first kappa shape index (κ1) is 14.8. The van der Waals surface area contributed by atoms with Gasteiger partial charge in [-0.1, -0.05) is 30.7 Å². The first-order chi connectivity index (χ1) is 9.04. The summed E-state index contributed by atoms with van der Waals surface area (Å²) in [6, 6.07) is 8.00. The number of hydrogen-bond donors (Lipinski definition) is 1. The molecule has 1 aromatic rings. The average molecular weight is 282 g/mol. The summed E-state index contributed by atoms with van der Waals surface area (Å²) < 4.78 is 0. The molecule has 1 fully saturated rings. The van der Waals surface area contributed by atoms with Crippen molar-refractivity contribution in [3.8, 4) is 0 Å². The van der Waals surface area contributed by atoms with Crippen molar-refractivity contribution in [2.75, 3.05) is 13.6 Å². The molecule has 0 bridgehead atoms. The third kappa shape index (κ3) is 4.48. The van der Waals surface area contributed by atoms with Crippen LogP contribution in [0.2, 0.25) is 5.02 Å². The first-order valence-corrected chi connectivity index (χ1v) is 7.53. The fraction of sp³-hybridized carbons (Fsp3) is 0.625. The molecule has 0 spiro atoms. The van der Waals surface area contributed by atoms with Crippen LogP contribution in [-0.2, 0) is 6.54 Å². The smallest absolute Gasteiger partial charge is 0.0580 e. The van der Waals surface area contributed by atoms with E-state index in [1.165, 1.54) is 5.56 Å². The van der Waals surface area contributed by atoms with Gasteiger partial charge in [-0.15, -0.1) is 0 Å². The second-order valence-electron chi connectivity index (χ2n) is 6.07. The molecule has 1 aliphatic rings. The van der Waals surface area contributed by atoms with Gasteiger partial charge in [0.1, 0.15) is 0 Å². The van der Waals surface area contributed by atoms with Crippen LogP contribution in [-0.4, -0.2) is 29.7 Å². The molecule has 1 aliphatic carbocycles. The lowest BCUT2D eigenvalue weighted by molar-refractivity contribution is 0.0338. The van der Waals surface area contributed by atoms with Crippen LogP contribution in [0.25, 0.3) is 0 Å². The Balaban J connectivity index is 1.88. The van der Waals surface area contributed by atoms with Crippen LogP contribution < -0.4 is 0 Å². The zero-order valence-corrected chi connectivity index (χ0v) is 12.6. The van der Waals surface area contributed by atoms with Gasteiger partial charge >= 0.3 is 0 Å². The maximum absolute atomic E-state index is 10.1. The Labute approximate surface area is 121 Å². The monoisotopic (exact) mass is 281 g/mol. The van der Waals surface area contributed by atoms with E-state index in [4.69, 9.17) is 11.6 Å². The van der Waals surface area contributed by atoms with Crippen molar-refractivity contribution in [2.45, 2.75) is 38.8 Å². The summed E-state index contributed by atoms with van der Waals surface area (Å²) in [7, 11) is 2.12. The fourth-order valence-electron chi connectivity index (χ4n) is 3.09. The van der Waals surface area contributed by atoms with Crippen LogP contribution in [0.15, 0.2) is 24.3 Å². The van der Waals surface area contributed by atoms with Gasteiger partial charge in [0.25, 0.3) is 0 Å². The largest absolute Gasteiger partial charge is 0.393 e. The van der Waals surface area contributed by atoms with Gasteiger partial charge in [0.2, 0.25) is 0 Å². The van der Waals surface area contributed by atoms with E-state index in [-0.39, 0.29) is 6.10 Å². The molecule has 1 saturated carbocycles. The topological polar surface area (TPSA) is 23.5 Å². The van der Waals surface area contributed by atoms with Gasteiger partial charge < -0.3 is 10.0 Å². The molecule has 0 aromatic heterocycles. The lowest BCUT2D eigenvalue weighted by Crippen LogP contribution is -2.36. The Morgan fingerprint density at radius 2 is 2.16 bits per heavy atom. The third-order valence-electron chi connectivity index (χ3n) is 4.09. The lowest BCUT2D eigenvalue weighted by Gasteiger charge is -2.34. The van der Waals surface area contributed by atoms with Crippen LogP contribution >= 0.6 is 11.6 Å². The molecule has 3 atom stereocenters. The number of rotatable bonds is 4. The Bertz CT molecular complexity index is 409. The van der Waals surface area contributed by atoms with Gasteiger partial charge in [-0.25, -0.2) is 0 Å². The van der Waals surface area contributed by atoms with E-state index in [9.17, 15) is 5.11 Å². The van der Waals surface area contributed by atoms with E-state index in [1.54, 1.807) is 0 Å². The zero-order valence-electron chi connectivity index (χ0n) is 11.8. The van der Waals surface area contributed by atoms with E-state index in [2.05, 4.69) is 24.9 Å². The highest BCUT2D eigenvalue weighted by atomic mass is 35.5. The third-order valence-corrected chi connectivity index (χ3v) is 4.33. The molecule has 2 rings (SSSR count). The van der Waals surface area contributed by atoms with E-state index in [0.717, 1.165) is 43.3 Å². The van der Waals surface area contributed by atoms with E-state index in [0.29, 0.717) is 5.92 Å². The molecule has 0 aliphatic heterocycles. The van der Waals surface area contributed by atoms with E-state index >= 15 is 0 Å². The van der Waals surface area contributed by atoms with Crippen molar-refractivity contribution < 1.29 is 5.11 Å². The second kappa shape index (κ2) is 6.74. The van der Waals surface area contributed by atoms with Crippen LogP contribution in [0, 0.1) is 11.8 Å². The van der Waals surface area contributed by atoms with Gasteiger partial charge in [0.05, 0.1) is 6.10 Å². The number of aliphatic hydroxyl groups is 1. The quantitative estimate of drug-likeness (QED) is 0.912. The van der Waals surface area contributed by atoms with Crippen LogP contribution in [0.3, 0.4) is 0 Å². The molecule has 1 aromatic carbocycles. The SMILES string of the molecule is CC1CCC(O)C(CN(C)Cc2cccc(Cl)c2)C1. The highest BCUT2D eigenvalue weighted by molar-refractivity contribution is 6.30. The molecule has 3 heteroatoms. The van der Waals surface area contributed by atoms with Gasteiger partial charge in [-0.05, 0) is 55.8 Å². The Hall–Kier alpha value is -0.570. The summed E-state index contributed by atoms with van der Waals surface area (Å²) >= 11 is 6.00. The molecule has 2 nitrogen and oxygen atoms in total. The Kier molecular flexibility index (Phi) is 5.26. The number of benzene rings is 1. The normalized spacial score (nSPS) is 27.7. The molecular weight excluding hydrogens is 258 g/mol. The van der Waals surface area contributed by atoms with Gasteiger partial charge in [-0.2, -0.15) is 0 Å². The average Bonchev–Trinajstić information content (AvgIpc) is 2.34. The standard InChI is InChI=1S/C16H24ClNO/c1-12-6-7-16(19)14(8-12)11-18(2)10-13-4-3-5-15(17)9-13/h3-5,9,12,14,16,19H,6-8,10-11H2,1-2H3. The van der Waals surface area contributed by atoms with Gasteiger partial charge in [-0.3, -0.25) is 0 Å². The Morgan fingerprint density at radius 3 is 2.89 bits per heavy atom. The summed E-state index contributed by atoms with van der Waals surface area (Å²) in [6.07, 6.45) is 3.13. The van der Waals surface area contributed by atoms with Crippen molar-refractivity contribution >= 4 is 11.6 Å². The highest BCUT2D eigenvalue weighted by Crippen LogP contribution is 2.29. The zero-order chi connectivity index (χ0) is 13.8. The van der Waals surface area contributed by atoms with Crippen molar-refractivity contribution in [3.63, 3.8) is 0 Å². The second-order valence-corrected chi connectivity index (χ2v) is 6.51. The molecular formula is C16H24ClNO. The maximum Gasteiger partial charge on any atom is 0.0580 e. The van der Waals surface area contributed by atoms with Crippen molar-refractivity contribution in [3.05, 3.63) is 34.9 Å². The van der Waals surface area contributed by atoms with Crippen molar-refractivity contribution in [2.24, 2.45) is 11.8 Å². The Morgan fingerprint density at radius 1 is 1.37 bits per heavy atom. The number of hydrogen-bond acceptors (Lipinski definition) is 2. The predicted molar refractivity (Wildman–Crippen MR) is 80.3 cm³/mol. The summed E-state index contributed by atoms with van der Waals surface area (Å²) in [5.74, 6) is 1.15. The highest BCUT2D eigenvalue weighted by Gasteiger charge is 2.27. The molecule has 0 amide bonds. The van der Waals surface area contributed by atoms with Crippen molar-refractivity contribution in [1.29, 1.82) is 0 Å². The van der Waals surface area contributed by atoms with E-state index < -0.39 is 0 Å². The number of nitrogens with zero attached hydrogens (tertiary/aromatic N) is 1. The first-order valence-electron chi connectivity index (χ1n) is 7.15. The summed E-state index contributed by atoms with van der Waals surface area (Å²) in [5.41, 5.74) is 1.23. The van der Waals surface area contributed by atoms with Gasteiger partial charge in [0, 0.05) is 18.1 Å². The molecule has 19 heavy (non-hydrogen) atoms. The van der Waals surface area contributed by atoms with Crippen LogP contribution in [0.4, 0.5) is 0 Å². The molecule has 1 N–H and O–H groups in total. The molecule has 3 unspecified atom stereocenters. The summed E-state index contributed by atoms with van der Waals surface area (Å²) in [5, 5.41) is 10.9. The summed E-state index contributed by atoms with van der Waals surface area (Å²) in [6.45, 7) is 4.13. The minimum atomic E-state index is -0.127. The van der Waals surface area contributed by atoms with Crippen LogP contribution in [0.5, 0.6) is 0 Å². The minimum absolute atomic E-state index is 0.127. The molecule has 0 radical (unpaired) electrons.